The van der Waals surface area contributed by atoms with Crippen molar-refractivity contribution in [3.05, 3.63) is 46.3 Å². The third kappa shape index (κ3) is 2.97. The number of aryl methyl sites for hydroxylation is 3. The molecule has 2 rings (SSSR count). The van der Waals surface area contributed by atoms with Gasteiger partial charge in [0.1, 0.15) is 5.69 Å². The zero-order valence-corrected chi connectivity index (χ0v) is 13.1. The smallest absolute Gasteiger partial charge is 0.240 e. The predicted octanol–water partition coefficient (Wildman–Crippen LogP) is 2.47. The Balaban J connectivity index is 2.52. The summed E-state index contributed by atoms with van der Waals surface area (Å²) in [4.78, 5) is 8.61. The molecule has 0 fully saturated rings. The van der Waals surface area contributed by atoms with Crippen molar-refractivity contribution in [2.75, 3.05) is 14.2 Å². The summed E-state index contributed by atoms with van der Waals surface area (Å²) in [5, 5.41) is 0. The highest BCUT2D eigenvalue weighted by Crippen LogP contribution is 2.30. The van der Waals surface area contributed by atoms with Crippen LogP contribution in [0.25, 0.3) is 0 Å². The maximum Gasteiger partial charge on any atom is 0.240 e. The van der Waals surface area contributed by atoms with Crippen LogP contribution in [0.1, 0.15) is 34.0 Å². The van der Waals surface area contributed by atoms with E-state index in [2.05, 4.69) is 42.9 Å². The molecule has 0 aliphatic rings. The van der Waals surface area contributed by atoms with Gasteiger partial charge in [-0.3, -0.25) is 0 Å². The average Bonchev–Trinajstić information content (AvgIpc) is 2.45. The van der Waals surface area contributed by atoms with Gasteiger partial charge in [0.15, 0.2) is 0 Å². The lowest BCUT2D eigenvalue weighted by Gasteiger charge is -2.19. The molecule has 2 aromatic rings. The third-order valence-corrected chi connectivity index (χ3v) is 3.49. The first-order chi connectivity index (χ1) is 9.97. The molecule has 1 atom stereocenters. The van der Waals surface area contributed by atoms with Crippen LogP contribution in [0, 0.1) is 20.8 Å². The molecule has 112 valence electrons. The molecule has 5 nitrogen and oxygen atoms in total. The van der Waals surface area contributed by atoms with E-state index < -0.39 is 0 Å². The summed E-state index contributed by atoms with van der Waals surface area (Å²) in [7, 11) is 3.09. The van der Waals surface area contributed by atoms with E-state index in [0.717, 1.165) is 16.7 Å². The van der Waals surface area contributed by atoms with Gasteiger partial charge in [0.25, 0.3) is 0 Å². The Morgan fingerprint density at radius 1 is 1.05 bits per heavy atom. The molecule has 0 saturated heterocycles. The zero-order valence-electron chi connectivity index (χ0n) is 13.1. The van der Waals surface area contributed by atoms with E-state index in [-0.39, 0.29) is 6.04 Å². The first-order valence-electron chi connectivity index (χ1n) is 6.76. The SMILES string of the molecule is COc1cnc(C(N)c2c(C)cc(C)cc2C)c(OC)n1. The van der Waals surface area contributed by atoms with Crippen LogP contribution in [0.5, 0.6) is 11.8 Å². The summed E-state index contributed by atoms with van der Waals surface area (Å²) in [5.74, 6) is 0.793. The van der Waals surface area contributed by atoms with Gasteiger partial charge in [-0.25, -0.2) is 4.98 Å². The maximum absolute atomic E-state index is 6.41. The molecule has 0 aliphatic carbocycles. The average molecular weight is 287 g/mol. The lowest BCUT2D eigenvalue weighted by Crippen LogP contribution is -2.18. The van der Waals surface area contributed by atoms with Gasteiger partial charge in [0.2, 0.25) is 11.8 Å². The van der Waals surface area contributed by atoms with Gasteiger partial charge in [0, 0.05) is 0 Å². The topological polar surface area (TPSA) is 70.3 Å². The second-order valence-corrected chi connectivity index (χ2v) is 5.10. The highest BCUT2D eigenvalue weighted by molar-refractivity contribution is 5.44. The van der Waals surface area contributed by atoms with Crippen LogP contribution in [-0.4, -0.2) is 24.2 Å². The Labute approximate surface area is 125 Å². The minimum Gasteiger partial charge on any atom is -0.480 e. The molecule has 2 N–H and O–H groups in total. The van der Waals surface area contributed by atoms with Gasteiger partial charge >= 0.3 is 0 Å². The Morgan fingerprint density at radius 3 is 2.19 bits per heavy atom. The summed E-state index contributed by atoms with van der Waals surface area (Å²) >= 11 is 0. The van der Waals surface area contributed by atoms with E-state index in [1.54, 1.807) is 13.3 Å². The monoisotopic (exact) mass is 287 g/mol. The fourth-order valence-electron chi connectivity index (χ4n) is 2.65. The van der Waals surface area contributed by atoms with Crippen molar-refractivity contribution < 1.29 is 9.47 Å². The van der Waals surface area contributed by atoms with Crippen LogP contribution in [0.4, 0.5) is 0 Å². The Morgan fingerprint density at radius 2 is 1.67 bits per heavy atom. The fourth-order valence-corrected chi connectivity index (χ4v) is 2.65. The molecule has 5 heteroatoms. The number of nitrogens with zero attached hydrogens (tertiary/aromatic N) is 2. The van der Waals surface area contributed by atoms with Crippen LogP contribution in [0.3, 0.4) is 0 Å². The molecule has 0 radical (unpaired) electrons. The quantitative estimate of drug-likeness (QED) is 0.935. The molecule has 21 heavy (non-hydrogen) atoms. The van der Waals surface area contributed by atoms with Crippen molar-refractivity contribution in [3.63, 3.8) is 0 Å². The highest BCUT2D eigenvalue weighted by Gasteiger charge is 2.21. The summed E-state index contributed by atoms with van der Waals surface area (Å²) in [6.07, 6.45) is 1.55. The third-order valence-electron chi connectivity index (χ3n) is 3.49. The summed E-state index contributed by atoms with van der Waals surface area (Å²) < 4.78 is 10.4. The molecule has 1 aromatic carbocycles. The second-order valence-electron chi connectivity index (χ2n) is 5.10. The fraction of sp³-hybridized carbons (Fsp3) is 0.375. The largest absolute Gasteiger partial charge is 0.480 e. The van der Waals surface area contributed by atoms with E-state index in [9.17, 15) is 0 Å². The summed E-state index contributed by atoms with van der Waals surface area (Å²) in [6, 6.07) is 3.84. The molecular weight excluding hydrogens is 266 g/mol. The minimum absolute atomic E-state index is 0.390. The van der Waals surface area contributed by atoms with Gasteiger partial charge in [-0.2, -0.15) is 4.98 Å². The number of hydrogen-bond donors (Lipinski definition) is 1. The summed E-state index contributed by atoms with van der Waals surface area (Å²) in [5.41, 5.74) is 11.6. The van der Waals surface area contributed by atoms with E-state index >= 15 is 0 Å². The Kier molecular flexibility index (Phi) is 4.43. The van der Waals surface area contributed by atoms with Crippen molar-refractivity contribution in [1.82, 2.24) is 9.97 Å². The molecule has 0 aliphatic heterocycles. The lowest BCUT2D eigenvalue weighted by atomic mass is 9.93. The van der Waals surface area contributed by atoms with Gasteiger partial charge < -0.3 is 15.2 Å². The molecule has 1 unspecified atom stereocenters. The standard InChI is InChI=1S/C16H21N3O2/c1-9-6-10(2)13(11(3)7-9)14(17)15-16(21-5)19-12(20-4)8-18-15/h6-8,14H,17H2,1-5H3. The molecule has 0 amide bonds. The van der Waals surface area contributed by atoms with E-state index in [1.807, 2.05) is 0 Å². The van der Waals surface area contributed by atoms with Crippen LogP contribution in [0.2, 0.25) is 0 Å². The number of nitrogens with two attached hydrogens (primary N) is 1. The maximum atomic E-state index is 6.41. The van der Waals surface area contributed by atoms with Crippen molar-refractivity contribution in [3.8, 4) is 11.8 Å². The Hall–Kier alpha value is -2.14. The van der Waals surface area contributed by atoms with Crippen LogP contribution in [-0.2, 0) is 0 Å². The zero-order chi connectivity index (χ0) is 15.6. The minimum atomic E-state index is -0.390. The van der Waals surface area contributed by atoms with Gasteiger partial charge in [-0.15, -0.1) is 0 Å². The van der Waals surface area contributed by atoms with Crippen LogP contribution < -0.4 is 15.2 Å². The second kappa shape index (κ2) is 6.10. The molecule has 1 heterocycles. The van der Waals surface area contributed by atoms with E-state index in [4.69, 9.17) is 15.2 Å². The molecule has 0 saturated carbocycles. The normalized spacial score (nSPS) is 12.1. The van der Waals surface area contributed by atoms with Crippen molar-refractivity contribution >= 4 is 0 Å². The molecule has 0 spiro atoms. The lowest BCUT2D eigenvalue weighted by molar-refractivity contribution is 0.355. The number of aromatic nitrogens is 2. The number of rotatable bonds is 4. The molecular formula is C16H21N3O2. The Bertz CT molecular complexity index is 633. The predicted molar refractivity (Wildman–Crippen MR) is 81.8 cm³/mol. The number of hydrogen-bond acceptors (Lipinski definition) is 5. The first-order valence-corrected chi connectivity index (χ1v) is 6.76. The summed E-state index contributed by atoms with van der Waals surface area (Å²) in [6.45, 7) is 6.18. The van der Waals surface area contributed by atoms with Crippen LogP contribution >= 0.6 is 0 Å². The van der Waals surface area contributed by atoms with Crippen LogP contribution in [0.15, 0.2) is 18.3 Å². The number of ether oxygens (including phenoxy) is 2. The van der Waals surface area contributed by atoms with E-state index in [1.165, 1.54) is 12.7 Å². The van der Waals surface area contributed by atoms with Crippen molar-refractivity contribution in [2.24, 2.45) is 5.73 Å². The van der Waals surface area contributed by atoms with Gasteiger partial charge in [-0.1, -0.05) is 17.7 Å². The molecule has 1 aromatic heterocycles. The van der Waals surface area contributed by atoms with E-state index in [0.29, 0.717) is 17.5 Å². The number of methoxy groups -OCH3 is 2. The van der Waals surface area contributed by atoms with Crippen molar-refractivity contribution in [1.29, 1.82) is 0 Å². The van der Waals surface area contributed by atoms with Crippen molar-refractivity contribution in [2.45, 2.75) is 26.8 Å². The van der Waals surface area contributed by atoms with Gasteiger partial charge in [-0.05, 0) is 37.5 Å². The molecule has 0 bridgehead atoms. The van der Waals surface area contributed by atoms with Gasteiger partial charge in [0.05, 0.1) is 26.5 Å². The highest BCUT2D eigenvalue weighted by atomic mass is 16.5. The first kappa shape index (κ1) is 15.3. The number of benzene rings is 1.